The number of anilines is 3. The Hall–Kier alpha value is -5.51. The molecule has 0 spiro atoms. The van der Waals surface area contributed by atoms with Crippen LogP contribution < -0.4 is 4.90 Å². The van der Waals surface area contributed by atoms with E-state index in [1.165, 1.54) is 58.2 Å². The minimum Gasteiger partial charge on any atom is -0.310 e. The van der Waals surface area contributed by atoms with Gasteiger partial charge >= 0.3 is 0 Å². The Kier molecular flexibility index (Phi) is 5.71. The summed E-state index contributed by atoms with van der Waals surface area (Å²) in [4.78, 5) is 7.09. The van der Waals surface area contributed by atoms with Crippen molar-refractivity contribution in [2.24, 2.45) is 0 Å². The van der Waals surface area contributed by atoms with Crippen LogP contribution in [0.2, 0.25) is 0 Å². The van der Waals surface area contributed by atoms with Gasteiger partial charge in [0, 0.05) is 38.9 Å². The Balaban J connectivity index is 1.18. The molecule has 9 rings (SSSR count). The molecule has 2 aromatic heterocycles. The zero-order valence-electron chi connectivity index (χ0n) is 23.8. The van der Waals surface area contributed by atoms with Crippen LogP contribution in [0.3, 0.4) is 0 Å². The van der Waals surface area contributed by atoms with Gasteiger partial charge in [0.25, 0.3) is 0 Å². The molecule has 7 aromatic carbocycles. The van der Waals surface area contributed by atoms with Crippen LogP contribution in [0.5, 0.6) is 0 Å². The molecule has 0 aliphatic heterocycles. The van der Waals surface area contributed by atoms with Crippen molar-refractivity contribution in [1.29, 1.82) is 0 Å². The van der Waals surface area contributed by atoms with Crippen LogP contribution >= 0.6 is 11.3 Å². The molecule has 0 aliphatic rings. The molecule has 0 amide bonds. The summed E-state index contributed by atoms with van der Waals surface area (Å²) in [7, 11) is 0. The molecule has 0 fully saturated rings. The van der Waals surface area contributed by atoms with Gasteiger partial charge in [-0.15, -0.1) is 11.3 Å². The number of benzene rings is 7. The third-order valence-corrected chi connectivity index (χ3v) is 9.87. The average molecular weight is 579 g/mol. The highest BCUT2D eigenvalue weighted by molar-refractivity contribution is 7.26. The Labute approximate surface area is 259 Å². The highest BCUT2D eigenvalue weighted by Crippen LogP contribution is 2.41. The van der Waals surface area contributed by atoms with Crippen molar-refractivity contribution in [1.82, 2.24) is 4.98 Å². The van der Waals surface area contributed by atoms with E-state index in [9.17, 15) is 0 Å². The number of rotatable bonds is 4. The average Bonchev–Trinajstić information content (AvgIpc) is 3.48. The number of para-hydroxylation sites is 1. The molecule has 3 heteroatoms. The van der Waals surface area contributed by atoms with Gasteiger partial charge in [-0.3, -0.25) is 4.98 Å². The number of nitrogens with zero attached hydrogens (tertiary/aromatic N) is 2. The number of aromatic nitrogens is 1. The first-order valence-electron chi connectivity index (χ1n) is 14.9. The second-order valence-electron chi connectivity index (χ2n) is 11.2. The monoisotopic (exact) mass is 578 g/mol. The smallest absolute Gasteiger partial charge is 0.0894 e. The fraction of sp³-hybridized carbons (Fsp3) is 0. The van der Waals surface area contributed by atoms with Gasteiger partial charge in [0.15, 0.2) is 0 Å². The van der Waals surface area contributed by atoms with E-state index in [0.29, 0.717) is 0 Å². The number of thiophene rings is 1. The minimum atomic E-state index is 1.08. The lowest BCUT2D eigenvalue weighted by atomic mass is 9.96. The van der Waals surface area contributed by atoms with Crippen molar-refractivity contribution in [3.05, 3.63) is 158 Å². The number of fused-ring (bicyclic) bond motifs is 8. The fourth-order valence-electron chi connectivity index (χ4n) is 6.61. The summed E-state index contributed by atoms with van der Waals surface area (Å²) >= 11 is 1.82. The van der Waals surface area contributed by atoms with Gasteiger partial charge in [0.2, 0.25) is 0 Å². The van der Waals surface area contributed by atoms with Gasteiger partial charge in [0.05, 0.1) is 10.2 Å². The molecule has 0 atom stereocenters. The molecule has 0 saturated heterocycles. The Morgan fingerprint density at radius 3 is 2.00 bits per heavy atom. The van der Waals surface area contributed by atoms with Crippen LogP contribution in [-0.2, 0) is 0 Å². The molecule has 206 valence electrons. The zero-order valence-corrected chi connectivity index (χ0v) is 24.6. The van der Waals surface area contributed by atoms with Gasteiger partial charge in [-0.1, -0.05) is 103 Å². The van der Waals surface area contributed by atoms with Crippen LogP contribution in [0, 0.1) is 0 Å². The maximum absolute atomic E-state index is 4.74. The van der Waals surface area contributed by atoms with E-state index >= 15 is 0 Å². The van der Waals surface area contributed by atoms with E-state index in [1.807, 2.05) is 17.5 Å². The van der Waals surface area contributed by atoms with E-state index in [4.69, 9.17) is 4.98 Å². The summed E-state index contributed by atoms with van der Waals surface area (Å²) in [5.41, 5.74) is 6.87. The second kappa shape index (κ2) is 10.0. The van der Waals surface area contributed by atoms with Gasteiger partial charge in [-0.2, -0.15) is 0 Å². The van der Waals surface area contributed by atoms with Crippen molar-refractivity contribution in [3.63, 3.8) is 0 Å². The fourth-order valence-corrected chi connectivity index (χ4v) is 7.80. The molecule has 2 heterocycles. The first kappa shape index (κ1) is 25.0. The lowest BCUT2D eigenvalue weighted by Crippen LogP contribution is -2.09. The highest BCUT2D eigenvalue weighted by atomic mass is 32.1. The lowest BCUT2D eigenvalue weighted by Gasteiger charge is -2.26. The van der Waals surface area contributed by atoms with Crippen LogP contribution in [0.15, 0.2) is 158 Å². The number of hydrogen-bond donors (Lipinski definition) is 0. The maximum atomic E-state index is 4.74. The summed E-state index contributed by atoms with van der Waals surface area (Å²) in [6.07, 6.45) is 1.93. The number of pyridine rings is 1. The molecule has 0 N–H and O–H groups in total. The predicted octanol–water partition coefficient (Wildman–Crippen LogP) is 12.0. The van der Waals surface area contributed by atoms with Gasteiger partial charge in [0.1, 0.15) is 0 Å². The molecular formula is C41H26N2S. The minimum absolute atomic E-state index is 1.08. The van der Waals surface area contributed by atoms with Crippen molar-refractivity contribution in [2.75, 3.05) is 4.90 Å². The summed E-state index contributed by atoms with van der Waals surface area (Å²) in [5, 5.41) is 8.87. The van der Waals surface area contributed by atoms with E-state index < -0.39 is 0 Å². The second-order valence-corrected chi connectivity index (χ2v) is 12.3. The molecular weight excluding hydrogens is 553 g/mol. The summed E-state index contributed by atoms with van der Waals surface area (Å²) in [5.74, 6) is 0. The van der Waals surface area contributed by atoms with E-state index in [1.54, 1.807) is 0 Å². The lowest BCUT2D eigenvalue weighted by molar-refractivity contribution is 1.29. The molecule has 44 heavy (non-hydrogen) atoms. The standard InChI is InChI=1S/C41H26N2S/c1-2-9-31(10-3-1)43(33-22-23-35-30(26-33)17-16-29-15-14-27-8-4-5-11-34(27)39(29)35)32-20-18-28(19-21-32)36-24-25-42-40-37-12-6-7-13-38(37)44-41(36)40/h1-26H. The molecule has 0 radical (unpaired) electrons. The molecule has 0 unspecified atom stereocenters. The molecule has 9 aromatic rings. The van der Waals surface area contributed by atoms with Crippen molar-refractivity contribution in [3.8, 4) is 11.1 Å². The quantitative estimate of drug-likeness (QED) is 0.193. The molecule has 0 aliphatic carbocycles. The van der Waals surface area contributed by atoms with Gasteiger partial charge in [-0.25, -0.2) is 0 Å². The Bertz CT molecular complexity index is 2490. The van der Waals surface area contributed by atoms with E-state index in [2.05, 4.69) is 157 Å². The van der Waals surface area contributed by atoms with Crippen molar-refractivity contribution in [2.45, 2.75) is 0 Å². The largest absolute Gasteiger partial charge is 0.310 e. The van der Waals surface area contributed by atoms with Crippen LogP contribution in [0.4, 0.5) is 17.1 Å². The topological polar surface area (TPSA) is 16.1 Å². The Morgan fingerprint density at radius 1 is 0.477 bits per heavy atom. The highest BCUT2D eigenvalue weighted by Gasteiger charge is 2.16. The van der Waals surface area contributed by atoms with E-state index in [0.717, 1.165) is 22.6 Å². The van der Waals surface area contributed by atoms with Gasteiger partial charge < -0.3 is 4.90 Å². The predicted molar refractivity (Wildman–Crippen MR) is 190 cm³/mol. The van der Waals surface area contributed by atoms with Crippen LogP contribution in [-0.4, -0.2) is 4.98 Å². The SMILES string of the molecule is c1ccc(N(c2ccc(-c3ccnc4c3sc3ccccc34)cc2)c2ccc3c(ccc4ccc5ccccc5c43)c2)cc1. The molecule has 2 nitrogen and oxygen atoms in total. The third kappa shape index (κ3) is 3.98. The Morgan fingerprint density at radius 2 is 1.14 bits per heavy atom. The first-order valence-corrected chi connectivity index (χ1v) is 15.7. The molecule has 0 bridgehead atoms. The zero-order chi connectivity index (χ0) is 29.0. The van der Waals surface area contributed by atoms with Crippen molar-refractivity contribution >= 4 is 81.0 Å². The third-order valence-electron chi connectivity index (χ3n) is 8.68. The number of hydrogen-bond acceptors (Lipinski definition) is 3. The van der Waals surface area contributed by atoms with Crippen LogP contribution in [0.25, 0.3) is 63.7 Å². The molecule has 0 saturated carbocycles. The first-order chi connectivity index (χ1) is 21.8. The van der Waals surface area contributed by atoms with Crippen molar-refractivity contribution < 1.29 is 0 Å². The summed E-state index contributed by atoms with van der Waals surface area (Å²) < 4.78 is 2.50. The summed E-state index contributed by atoms with van der Waals surface area (Å²) in [6, 6.07) is 54.8. The van der Waals surface area contributed by atoms with E-state index in [-0.39, 0.29) is 0 Å². The summed E-state index contributed by atoms with van der Waals surface area (Å²) in [6.45, 7) is 0. The van der Waals surface area contributed by atoms with Gasteiger partial charge in [-0.05, 0) is 86.4 Å². The maximum Gasteiger partial charge on any atom is 0.0894 e. The normalized spacial score (nSPS) is 11.6. The van der Waals surface area contributed by atoms with Crippen LogP contribution in [0.1, 0.15) is 0 Å².